The van der Waals surface area contributed by atoms with Crippen LogP contribution in [0.25, 0.3) is 0 Å². The van der Waals surface area contributed by atoms with Gasteiger partial charge in [-0.15, -0.1) is 0 Å². The molecule has 1 aliphatic heterocycles. The predicted molar refractivity (Wildman–Crippen MR) is 51.3 cm³/mol. The van der Waals surface area contributed by atoms with E-state index < -0.39 is 0 Å². The Hall–Kier alpha value is -0.840. The zero-order valence-electron chi connectivity index (χ0n) is 7.60. The summed E-state index contributed by atoms with van der Waals surface area (Å²) in [7, 11) is 0. The van der Waals surface area contributed by atoms with Crippen molar-refractivity contribution in [2.75, 3.05) is 11.5 Å². The molecule has 1 atom stereocenters. The quantitative estimate of drug-likeness (QED) is 0.737. The molecule has 74 valence electrons. The van der Waals surface area contributed by atoms with Crippen LogP contribution in [0, 0.1) is 0 Å². The summed E-state index contributed by atoms with van der Waals surface area (Å²) in [5.41, 5.74) is 0. The second-order valence-corrected chi connectivity index (χ2v) is 4.83. The molecule has 1 aromatic heterocycles. The third-order valence-corrected chi connectivity index (χ3v) is 3.67. The lowest BCUT2D eigenvalue weighted by Crippen LogP contribution is -2.09. The first-order chi connectivity index (χ1) is 6.84. The number of carbonyl (C=O) groups excluding carboxylic acids is 1. The fourth-order valence-electron chi connectivity index (χ4n) is 1.58. The van der Waals surface area contributed by atoms with Crippen LogP contribution >= 0.6 is 11.8 Å². The van der Waals surface area contributed by atoms with E-state index in [9.17, 15) is 4.79 Å². The van der Waals surface area contributed by atoms with Gasteiger partial charge in [0.05, 0.1) is 5.75 Å². The maximum Gasteiger partial charge on any atom is 0.238 e. The van der Waals surface area contributed by atoms with Crippen molar-refractivity contribution in [3.8, 4) is 0 Å². The lowest BCUT2D eigenvalue weighted by molar-refractivity contribution is -0.117. The molecular formula is C9H10N2O2S. The van der Waals surface area contributed by atoms with Crippen molar-refractivity contribution in [2.24, 2.45) is 0 Å². The van der Waals surface area contributed by atoms with Crippen LogP contribution in [0.1, 0.15) is 36.4 Å². The molecule has 1 aliphatic carbocycles. The molecule has 2 aliphatic rings. The molecule has 4 nitrogen and oxygen atoms in total. The van der Waals surface area contributed by atoms with Crippen molar-refractivity contribution in [3.63, 3.8) is 0 Å². The van der Waals surface area contributed by atoms with Crippen LogP contribution < -0.4 is 0 Å². The van der Waals surface area contributed by atoms with Crippen LogP contribution in [-0.2, 0) is 4.79 Å². The summed E-state index contributed by atoms with van der Waals surface area (Å²) in [6.07, 6.45) is 2.32. The first kappa shape index (κ1) is 8.47. The van der Waals surface area contributed by atoms with Gasteiger partial charge in [-0.25, -0.2) is 0 Å². The molecule has 1 aromatic rings. The van der Waals surface area contributed by atoms with E-state index >= 15 is 0 Å². The maximum atomic E-state index is 11.4. The van der Waals surface area contributed by atoms with Gasteiger partial charge in [-0.2, -0.15) is 16.7 Å². The number of Topliss-reactive ketones (excluding diaryl/α,β-unsaturated/α-hetero) is 1. The minimum atomic E-state index is -0.139. The number of ketones is 1. The Morgan fingerprint density at radius 2 is 2.29 bits per heavy atom. The second kappa shape index (κ2) is 3.08. The van der Waals surface area contributed by atoms with Crippen LogP contribution in [0.3, 0.4) is 0 Å². The molecular weight excluding hydrogens is 200 g/mol. The highest BCUT2D eigenvalue weighted by Gasteiger charge is 2.34. The number of rotatable bonds is 2. The Bertz CT molecular complexity index is 373. The first-order valence-corrected chi connectivity index (χ1v) is 5.94. The van der Waals surface area contributed by atoms with Gasteiger partial charge in [-0.1, -0.05) is 5.16 Å². The highest BCUT2D eigenvalue weighted by Crippen LogP contribution is 2.39. The van der Waals surface area contributed by atoms with E-state index in [1.807, 2.05) is 0 Å². The number of hydrogen-bond donors (Lipinski definition) is 0. The van der Waals surface area contributed by atoms with Gasteiger partial charge in [-0.05, 0) is 12.8 Å². The van der Waals surface area contributed by atoms with Crippen molar-refractivity contribution in [2.45, 2.75) is 24.7 Å². The van der Waals surface area contributed by atoms with Crippen LogP contribution in [0.5, 0.6) is 0 Å². The molecule has 0 spiro atoms. The van der Waals surface area contributed by atoms with Gasteiger partial charge in [0.1, 0.15) is 5.92 Å². The van der Waals surface area contributed by atoms with Gasteiger partial charge in [0.15, 0.2) is 11.6 Å². The lowest BCUT2D eigenvalue weighted by atomic mass is 10.1. The number of aromatic nitrogens is 2. The molecule has 0 amide bonds. The second-order valence-electron chi connectivity index (χ2n) is 3.80. The lowest BCUT2D eigenvalue weighted by Gasteiger charge is -1.97. The zero-order chi connectivity index (χ0) is 9.54. The van der Waals surface area contributed by atoms with E-state index in [0.29, 0.717) is 17.6 Å². The van der Waals surface area contributed by atoms with E-state index in [-0.39, 0.29) is 11.7 Å². The Kier molecular flexibility index (Phi) is 1.87. The van der Waals surface area contributed by atoms with Crippen molar-refractivity contribution >= 4 is 17.5 Å². The van der Waals surface area contributed by atoms with Gasteiger partial charge >= 0.3 is 0 Å². The normalized spacial score (nSPS) is 27.1. The number of carbonyl (C=O) groups is 1. The van der Waals surface area contributed by atoms with Crippen LogP contribution in [0.15, 0.2) is 4.52 Å². The number of thioether (sulfide) groups is 1. The van der Waals surface area contributed by atoms with Crippen molar-refractivity contribution < 1.29 is 9.32 Å². The Balaban J connectivity index is 1.84. The molecule has 14 heavy (non-hydrogen) atoms. The van der Waals surface area contributed by atoms with Gasteiger partial charge in [-0.3, -0.25) is 4.79 Å². The third kappa shape index (κ3) is 1.35. The molecule has 1 saturated heterocycles. The number of nitrogens with zero attached hydrogens (tertiary/aromatic N) is 2. The summed E-state index contributed by atoms with van der Waals surface area (Å²) >= 11 is 1.64. The smallest absolute Gasteiger partial charge is 0.238 e. The first-order valence-electron chi connectivity index (χ1n) is 4.78. The van der Waals surface area contributed by atoms with Crippen molar-refractivity contribution in [1.29, 1.82) is 0 Å². The average Bonchev–Trinajstić information content (AvgIpc) is 2.75. The van der Waals surface area contributed by atoms with E-state index in [2.05, 4.69) is 10.1 Å². The average molecular weight is 210 g/mol. The molecule has 0 radical (unpaired) electrons. The van der Waals surface area contributed by atoms with E-state index in [0.717, 1.165) is 24.4 Å². The topological polar surface area (TPSA) is 56.0 Å². The van der Waals surface area contributed by atoms with Gasteiger partial charge in [0, 0.05) is 11.7 Å². The molecule has 0 N–H and O–H groups in total. The highest BCUT2D eigenvalue weighted by molar-refractivity contribution is 8.00. The molecule has 0 aromatic carbocycles. The molecule has 0 bridgehead atoms. The Morgan fingerprint density at radius 1 is 1.43 bits per heavy atom. The minimum absolute atomic E-state index is 0.139. The largest absolute Gasteiger partial charge is 0.339 e. The van der Waals surface area contributed by atoms with Crippen molar-refractivity contribution in [3.05, 3.63) is 11.7 Å². The summed E-state index contributed by atoms with van der Waals surface area (Å²) < 4.78 is 5.12. The van der Waals surface area contributed by atoms with Gasteiger partial charge in [0.25, 0.3) is 0 Å². The predicted octanol–water partition coefficient (Wildman–Crippen LogP) is 1.35. The van der Waals surface area contributed by atoms with Crippen LogP contribution in [0.2, 0.25) is 0 Å². The SMILES string of the molecule is O=C1CSCC1c1nc(C2CC2)no1. The summed E-state index contributed by atoms with van der Waals surface area (Å²) in [6.45, 7) is 0. The monoisotopic (exact) mass is 210 g/mol. The van der Waals surface area contributed by atoms with Crippen LogP contribution in [-0.4, -0.2) is 27.4 Å². The fraction of sp³-hybridized carbons (Fsp3) is 0.667. The Morgan fingerprint density at radius 3 is 2.93 bits per heavy atom. The maximum absolute atomic E-state index is 11.4. The summed E-state index contributed by atoms with van der Waals surface area (Å²) in [6, 6.07) is 0. The van der Waals surface area contributed by atoms with E-state index in [1.165, 1.54) is 0 Å². The van der Waals surface area contributed by atoms with Crippen LogP contribution in [0.4, 0.5) is 0 Å². The molecule has 2 heterocycles. The molecule has 1 unspecified atom stereocenters. The van der Waals surface area contributed by atoms with Crippen molar-refractivity contribution in [1.82, 2.24) is 10.1 Å². The minimum Gasteiger partial charge on any atom is -0.339 e. The molecule has 5 heteroatoms. The molecule has 2 fully saturated rings. The molecule has 1 saturated carbocycles. The van der Waals surface area contributed by atoms with E-state index in [1.54, 1.807) is 11.8 Å². The summed E-state index contributed by atoms with van der Waals surface area (Å²) in [5, 5.41) is 3.91. The zero-order valence-corrected chi connectivity index (χ0v) is 8.42. The molecule has 3 rings (SSSR count). The fourth-order valence-corrected chi connectivity index (χ4v) is 2.66. The number of hydrogen-bond acceptors (Lipinski definition) is 5. The highest BCUT2D eigenvalue weighted by atomic mass is 32.2. The Labute approximate surface area is 85.4 Å². The standard InChI is InChI=1S/C9H10N2O2S/c12-7-4-14-3-6(7)9-10-8(11-13-9)5-1-2-5/h5-6H,1-4H2. The summed E-state index contributed by atoms with van der Waals surface area (Å²) in [4.78, 5) is 15.7. The van der Waals surface area contributed by atoms with E-state index in [4.69, 9.17) is 4.52 Å². The summed E-state index contributed by atoms with van der Waals surface area (Å²) in [5.74, 6) is 3.29. The van der Waals surface area contributed by atoms with Gasteiger partial charge in [0.2, 0.25) is 5.89 Å². The van der Waals surface area contributed by atoms with Gasteiger partial charge < -0.3 is 4.52 Å². The third-order valence-electron chi connectivity index (χ3n) is 2.62.